The van der Waals surface area contributed by atoms with Gasteiger partial charge in [0, 0.05) is 6.92 Å². The Morgan fingerprint density at radius 2 is 1.92 bits per heavy atom. The van der Waals surface area contributed by atoms with E-state index in [-0.39, 0.29) is 6.61 Å². The Morgan fingerprint density at radius 1 is 1.29 bits per heavy atom. The van der Waals surface area contributed by atoms with E-state index in [4.69, 9.17) is 18.9 Å². The summed E-state index contributed by atoms with van der Waals surface area (Å²) in [5.74, 6) is -0.580. The van der Waals surface area contributed by atoms with Crippen LogP contribution in [0.1, 0.15) is 20.8 Å². The van der Waals surface area contributed by atoms with Gasteiger partial charge < -0.3 is 30.3 Å². The van der Waals surface area contributed by atoms with E-state index in [9.17, 15) is 24.5 Å². The maximum atomic E-state index is 12.0. The number of phosphoric acid groups is 1. The Bertz CT molecular complexity index is 508. The normalized spacial score (nSPS) is 32.7. The number of nitrogens with one attached hydrogen (secondary N) is 1. The molecular formula is C13H24NO9P. The van der Waals surface area contributed by atoms with Crippen molar-refractivity contribution < 1.29 is 43.4 Å². The van der Waals surface area contributed by atoms with Crippen molar-refractivity contribution in [2.75, 3.05) is 13.2 Å². The second kappa shape index (κ2) is 9.02. The first kappa shape index (κ1) is 21.2. The van der Waals surface area contributed by atoms with Crippen LogP contribution in [-0.2, 0) is 23.1 Å². The van der Waals surface area contributed by atoms with Crippen LogP contribution >= 0.6 is 7.82 Å². The van der Waals surface area contributed by atoms with Gasteiger partial charge in [-0.15, -0.1) is 0 Å². The average molecular weight is 369 g/mol. The maximum absolute atomic E-state index is 12.0. The van der Waals surface area contributed by atoms with Crippen LogP contribution in [0.4, 0.5) is 0 Å². The Morgan fingerprint density at radius 3 is 2.42 bits per heavy atom. The summed E-state index contributed by atoms with van der Waals surface area (Å²) in [6, 6.07) is -1.33. The first-order chi connectivity index (χ1) is 11.1. The Labute approximate surface area is 139 Å². The van der Waals surface area contributed by atoms with Gasteiger partial charge in [-0.1, -0.05) is 11.6 Å². The fourth-order valence-corrected chi connectivity index (χ4v) is 2.79. The van der Waals surface area contributed by atoms with E-state index in [0.29, 0.717) is 0 Å². The summed E-state index contributed by atoms with van der Waals surface area (Å²) >= 11 is 0. The minimum absolute atomic E-state index is 0.192. The summed E-state index contributed by atoms with van der Waals surface area (Å²) in [4.78, 5) is 21.0. The lowest BCUT2D eigenvalue weighted by Gasteiger charge is -2.42. The molecule has 10 nitrogen and oxygen atoms in total. The predicted molar refractivity (Wildman–Crippen MR) is 81.7 cm³/mol. The Kier molecular flexibility index (Phi) is 7.97. The third-order valence-electron chi connectivity index (χ3n) is 3.22. The molecule has 0 spiro atoms. The maximum Gasteiger partial charge on any atom is 0.474 e. The molecule has 1 unspecified atom stereocenters. The molecule has 0 radical (unpaired) electrons. The van der Waals surface area contributed by atoms with Gasteiger partial charge in [0.15, 0.2) is 6.29 Å². The molecule has 11 heteroatoms. The van der Waals surface area contributed by atoms with Crippen LogP contribution in [-0.4, -0.2) is 70.0 Å². The van der Waals surface area contributed by atoms with Gasteiger partial charge in [-0.2, -0.15) is 0 Å². The third-order valence-corrected chi connectivity index (χ3v) is 4.17. The summed E-state index contributed by atoms with van der Waals surface area (Å²) in [5.41, 5.74) is 0.860. The number of ether oxygens (including phenoxy) is 1. The van der Waals surface area contributed by atoms with E-state index in [1.807, 2.05) is 0 Å². The van der Waals surface area contributed by atoms with Crippen LogP contribution in [0.2, 0.25) is 0 Å². The van der Waals surface area contributed by atoms with Crippen molar-refractivity contribution in [3.05, 3.63) is 11.6 Å². The first-order valence-electron chi connectivity index (χ1n) is 7.26. The van der Waals surface area contributed by atoms with Crippen molar-refractivity contribution in [2.45, 2.75) is 51.4 Å². The van der Waals surface area contributed by atoms with E-state index in [1.165, 1.54) is 0 Å². The number of rotatable bonds is 7. The van der Waals surface area contributed by atoms with E-state index in [2.05, 4.69) is 5.32 Å². The van der Waals surface area contributed by atoms with Crippen molar-refractivity contribution >= 4 is 13.7 Å². The number of phosphoric ester groups is 1. The van der Waals surface area contributed by atoms with Crippen molar-refractivity contribution in [1.29, 1.82) is 0 Å². The highest BCUT2D eigenvalue weighted by molar-refractivity contribution is 7.47. The highest BCUT2D eigenvalue weighted by Gasteiger charge is 2.47. The number of allylic oxidation sites excluding steroid dienone is 1. The molecule has 1 rings (SSSR count). The smallest absolute Gasteiger partial charge is 0.394 e. The summed E-state index contributed by atoms with van der Waals surface area (Å²) in [6.07, 6.45) is -4.41. The molecule has 0 saturated carbocycles. The zero-order valence-corrected chi connectivity index (χ0v) is 14.6. The average Bonchev–Trinajstić information content (AvgIpc) is 2.45. The first-order valence-corrected chi connectivity index (χ1v) is 8.75. The van der Waals surface area contributed by atoms with Crippen LogP contribution in [0.3, 0.4) is 0 Å². The van der Waals surface area contributed by atoms with Gasteiger partial charge in [0.25, 0.3) is 0 Å². The molecular weight excluding hydrogens is 345 g/mol. The molecule has 1 aliphatic rings. The van der Waals surface area contributed by atoms with Crippen molar-refractivity contribution in [3.63, 3.8) is 0 Å². The molecule has 140 valence electrons. The predicted octanol–water partition coefficient (Wildman–Crippen LogP) is -0.970. The zero-order valence-electron chi connectivity index (χ0n) is 13.7. The van der Waals surface area contributed by atoms with Crippen molar-refractivity contribution in [3.8, 4) is 0 Å². The minimum Gasteiger partial charge on any atom is -0.394 e. The van der Waals surface area contributed by atoms with Gasteiger partial charge in [-0.3, -0.25) is 13.8 Å². The topological polar surface area (TPSA) is 155 Å². The number of amides is 1. The van der Waals surface area contributed by atoms with Crippen LogP contribution in [0.25, 0.3) is 0 Å². The number of hydrogen-bond donors (Lipinski definition) is 5. The summed E-state index contributed by atoms with van der Waals surface area (Å²) < 4.78 is 26.7. The Balaban J connectivity index is 2.87. The van der Waals surface area contributed by atoms with Crippen LogP contribution < -0.4 is 5.32 Å². The quantitative estimate of drug-likeness (QED) is 0.281. The molecule has 6 atom stereocenters. The minimum atomic E-state index is -4.58. The lowest BCUT2D eigenvalue weighted by molar-refractivity contribution is -0.248. The summed E-state index contributed by atoms with van der Waals surface area (Å²) in [7, 11) is -4.58. The standard InChI is InChI=1S/C13H24NO9P/c1-7(2)4-5-21-24(19,20)23-13-10(14-8(3)16)12(18)11(17)9(6-15)22-13/h4,9-13,15,17-18H,5-6H2,1-3H3,(H,14,16)(H,19,20)/t9-,10-,11-,12-,13-/m1/s1. The molecule has 1 aliphatic heterocycles. The van der Waals surface area contributed by atoms with E-state index in [0.717, 1.165) is 12.5 Å². The molecule has 1 saturated heterocycles. The third kappa shape index (κ3) is 6.23. The molecule has 0 bridgehead atoms. The summed E-state index contributed by atoms with van der Waals surface area (Å²) in [6.45, 7) is 3.83. The van der Waals surface area contributed by atoms with Crippen LogP contribution in [0.5, 0.6) is 0 Å². The largest absolute Gasteiger partial charge is 0.474 e. The van der Waals surface area contributed by atoms with Crippen LogP contribution in [0.15, 0.2) is 11.6 Å². The molecule has 0 aromatic rings. The Hall–Kier alpha value is -0.840. The molecule has 0 aliphatic carbocycles. The molecule has 0 aromatic carbocycles. The van der Waals surface area contributed by atoms with Gasteiger partial charge in [0.1, 0.15) is 24.4 Å². The molecule has 1 heterocycles. The second-order valence-electron chi connectivity index (χ2n) is 5.58. The van der Waals surface area contributed by atoms with Gasteiger partial charge in [0.2, 0.25) is 5.91 Å². The second-order valence-corrected chi connectivity index (χ2v) is 6.99. The number of aliphatic hydroxyl groups excluding tert-OH is 3. The monoisotopic (exact) mass is 369 g/mol. The van der Waals surface area contributed by atoms with Gasteiger partial charge in [-0.25, -0.2) is 4.57 Å². The number of hydrogen-bond acceptors (Lipinski definition) is 8. The highest BCUT2D eigenvalue weighted by Crippen LogP contribution is 2.46. The number of aliphatic hydroxyl groups is 3. The van der Waals surface area contributed by atoms with E-state index >= 15 is 0 Å². The van der Waals surface area contributed by atoms with Gasteiger partial charge in [-0.05, 0) is 13.8 Å². The van der Waals surface area contributed by atoms with E-state index < -0.39 is 51.0 Å². The van der Waals surface area contributed by atoms with Crippen molar-refractivity contribution in [2.24, 2.45) is 0 Å². The molecule has 1 amide bonds. The number of carbonyl (C=O) groups excluding carboxylic acids is 1. The fraction of sp³-hybridized carbons (Fsp3) is 0.769. The number of carbonyl (C=O) groups is 1. The molecule has 24 heavy (non-hydrogen) atoms. The molecule has 5 N–H and O–H groups in total. The van der Waals surface area contributed by atoms with Gasteiger partial charge in [0.05, 0.1) is 13.2 Å². The SMILES string of the molecule is CC(=O)N[C@H]1[C@@H](OP(=O)(O)OCC=C(C)C)O[C@H](CO)[C@@H](O)[C@@H]1O. The van der Waals surface area contributed by atoms with Crippen LogP contribution in [0, 0.1) is 0 Å². The summed E-state index contributed by atoms with van der Waals surface area (Å²) in [5, 5.41) is 31.3. The fourth-order valence-electron chi connectivity index (χ4n) is 2.02. The zero-order chi connectivity index (χ0) is 18.5. The van der Waals surface area contributed by atoms with Crippen molar-refractivity contribution in [1.82, 2.24) is 5.32 Å². The highest BCUT2D eigenvalue weighted by atomic mass is 31.2. The van der Waals surface area contributed by atoms with Gasteiger partial charge >= 0.3 is 7.82 Å². The van der Waals surface area contributed by atoms with E-state index in [1.54, 1.807) is 19.9 Å². The lowest BCUT2D eigenvalue weighted by Crippen LogP contribution is -2.64. The lowest BCUT2D eigenvalue weighted by atomic mass is 9.97. The molecule has 0 aromatic heterocycles. The molecule has 1 fully saturated rings.